The largest absolute Gasteiger partial charge is 0.0622 e. The summed E-state index contributed by atoms with van der Waals surface area (Å²) in [4.78, 5) is 4.48. The van der Waals surface area contributed by atoms with Gasteiger partial charge in [0.05, 0.1) is 0 Å². The first-order valence-electron chi connectivity index (χ1n) is 20.9. The maximum Gasteiger partial charge on any atom is -0.000884 e. The van der Waals surface area contributed by atoms with Gasteiger partial charge < -0.3 is 9.80 Å². The van der Waals surface area contributed by atoms with Crippen molar-refractivity contribution >= 4 is 88.6 Å². The van der Waals surface area contributed by atoms with Gasteiger partial charge in [-0.05, 0) is 114 Å². The van der Waals surface area contributed by atoms with Gasteiger partial charge in [0.25, 0.3) is 0 Å². The molecule has 7 heteroatoms. The van der Waals surface area contributed by atoms with Crippen LogP contribution >= 0.6 is 35.2 Å². The molecule has 318 valence electrons. The second kappa shape index (κ2) is 23.4. The Labute approximate surface area is 392 Å². The van der Waals surface area contributed by atoms with Crippen LogP contribution in [0.5, 0.6) is 0 Å². The molecule has 9 rings (SSSR count). The molecule has 0 heterocycles. The van der Waals surface area contributed by atoms with Crippen molar-refractivity contribution in [2.75, 3.05) is 34.7 Å². The fourth-order valence-electron chi connectivity index (χ4n) is 8.17. The summed E-state index contributed by atoms with van der Waals surface area (Å²) >= 11 is -0.346. The quantitative estimate of drug-likeness (QED) is 0.0941. The monoisotopic (exact) mass is 986 g/mol. The first kappa shape index (κ1) is 46.5. The van der Waals surface area contributed by atoms with Gasteiger partial charge in [-0.3, -0.25) is 0 Å². The van der Waals surface area contributed by atoms with E-state index in [9.17, 15) is 0 Å². The number of rotatable bonds is 11. The van der Waals surface area contributed by atoms with E-state index in [2.05, 4.69) is 262 Å². The molecule has 0 N–H and O–H groups in total. The standard InChI is InChI=1S/C44H32P2.C12H20N2.2ClH.Ru/c1-5-19-35(20-6-1)45(36-21-7-2-8-22-36)41-31-29-33-17-13-15-27-39(33)43(41)44-40-28-16-14-18-34(40)30-32-42(44)46(37-23-9-3-10-24-37)38-25-11-4-12-26-38;1-13(2)10-12(14(3)4)11-8-6-5-7-9-11;;;/h1-32H;5-9,12H,10H2,1-4H3;2*1H;/q;;;;+2/p-2/t;12-;;;/m.0.../s1. The van der Waals surface area contributed by atoms with Crippen molar-refractivity contribution in [3.63, 3.8) is 0 Å². The van der Waals surface area contributed by atoms with Crippen LogP contribution in [0.15, 0.2) is 224 Å². The van der Waals surface area contributed by atoms with E-state index in [0.29, 0.717) is 6.04 Å². The van der Waals surface area contributed by atoms with Crippen LogP contribution in [0, 0.1) is 0 Å². The van der Waals surface area contributed by atoms with Crippen LogP contribution in [-0.2, 0) is 15.1 Å². The Morgan fingerprint density at radius 1 is 0.397 bits per heavy atom. The Bertz CT molecular complexity index is 2530. The van der Waals surface area contributed by atoms with Gasteiger partial charge >= 0.3 is 34.5 Å². The molecule has 0 aliphatic heterocycles. The molecule has 0 fully saturated rings. The number of hydrogen-bond donors (Lipinski definition) is 0. The maximum absolute atomic E-state index is 4.85. The van der Waals surface area contributed by atoms with E-state index in [-0.39, 0.29) is 15.1 Å². The van der Waals surface area contributed by atoms with E-state index in [1.807, 2.05) is 0 Å². The third kappa shape index (κ3) is 11.6. The third-order valence-electron chi connectivity index (χ3n) is 10.9. The van der Waals surface area contributed by atoms with Gasteiger partial charge in [-0.25, -0.2) is 0 Å². The Hall–Kier alpha value is -4.52. The zero-order valence-electron chi connectivity index (χ0n) is 36.0. The molecule has 0 unspecified atom stereocenters. The number of fused-ring (bicyclic) bond motifs is 2. The molecule has 63 heavy (non-hydrogen) atoms. The van der Waals surface area contributed by atoms with Crippen LogP contribution in [0.1, 0.15) is 11.6 Å². The van der Waals surface area contributed by atoms with Gasteiger partial charge in [-0.15, -0.1) is 0 Å². The van der Waals surface area contributed by atoms with Crippen molar-refractivity contribution < 1.29 is 15.1 Å². The first-order chi connectivity index (χ1) is 30.9. The van der Waals surface area contributed by atoms with Crippen LogP contribution in [0.2, 0.25) is 0 Å². The number of hydrogen-bond acceptors (Lipinski definition) is 2. The molecule has 0 radical (unpaired) electrons. The van der Waals surface area contributed by atoms with Gasteiger partial charge in [0, 0.05) is 12.6 Å². The third-order valence-corrected chi connectivity index (χ3v) is 15.9. The Balaban J connectivity index is 0.000000296. The van der Waals surface area contributed by atoms with E-state index in [1.54, 1.807) is 0 Å². The summed E-state index contributed by atoms with van der Waals surface area (Å²) in [6.07, 6.45) is 0. The second-order valence-electron chi connectivity index (χ2n) is 15.6. The summed E-state index contributed by atoms with van der Waals surface area (Å²) < 4.78 is 0. The van der Waals surface area contributed by atoms with Crippen LogP contribution < -0.4 is 31.8 Å². The summed E-state index contributed by atoms with van der Waals surface area (Å²) in [6, 6.07) is 82.9. The van der Waals surface area contributed by atoms with Gasteiger partial charge in [-0.2, -0.15) is 0 Å². The molecule has 0 aliphatic rings. The molecule has 0 aromatic heterocycles. The second-order valence-corrected chi connectivity index (χ2v) is 22.6. The van der Waals surface area contributed by atoms with Crippen LogP contribution in [0.4, 0.5) is 0 Å². The van der Waals surface area contributed by atoms with Crippen LogP contribution in [-0.4, -0.2) is 44.5 Å². The van der Waals surface area contributed by atoms with Crippen molar-refractivity contribution in [1.82, 2.24) is 9.80 Å². The minimum absolute atomic E-state index is 0.346. The van der Waals surface area contributed by atoms with E-state index in [1.165, 1.54) is 70.1 Å². The summed E-state index contributed by atoms with van der Waals surface area (Å²) in [6.45, 7) is 1.05. The molecule has 0 aliphatic carbocycles. The number of benzene rings is 9. The number of nitrogens with zero attached hydrogens (tertiary/aromatic N) is 2. The molecule has 0 amide bonds. The van der Waals surface area contributed by atoms with Crippen molar-refractivity contribution in [3.05, 3.63) is 230 Å². The molecule has 1 atom stereocenters. The number of likely N-dealkylation sites (N-methyl/N-ethyl adjacent to an activating group) is 2. The van der Waals surface area contributed by atoms with E-state index in [4.69, 9.17) is 19.4 Å². The smallest absolute Gasteiger partial charge is 0.000884 e. The molecule has 9 aromatic carbocycles. The SMILES string of the molecule is CN(C)C[C@@H](c1ccccc1)N(C)C.[Cl][Ru][Cl].c1ccc(P(c2ccccc2)c2ccc3ccccc3c2-c2c(P(c3ccccc3)c3ccccc3)ccc3ccccc23)cc1. The molecular weight excluding hydrogens is 935 g/mol. The minimum Gasteiger partial charge on any atom is -0.0622 e. The fourth-order valence-corrected chi connectivity index (χ4v) is 13.1. The van der Waals surface area contributed by atoms with Crippen LogP contribution in [0.3, 0.4) is 0 Å². The molecule has 9 aromatic rings. The predicted octanol–water partition coefficient (Wildman–Crippen LogP) is 12.4. The van der Waals surface area contributed by atoms with Gasteiger partial charge in [0.2, 0.25) is 0 Å². The zero-order valence-corrected chi connectivity index (χ0v) is 41.1. The van der Waals surface area contributed by atoms with Gasteiger partial charge in [0.15, 0.2) is 0 Å². The fraction of sp³-hybridized carbons (Fsp3) is 0.107. The van der Waals surface area contributed by atoms with E-state index >= 15 is 0 Å². The van der Waals surface area contributed by atoms with Crippen molar-refractivity contribution in [2.24, 2.45) is 0 Å². The summed E-state index contributed by atoms with van der Waals surface area (Å²) in [7, 11) is 16.5. The van der Waals surface area contributed by atoms with E-state index < -0.39 is 15.8 Å². The molecule has 0 bridgehead atoms. The van der Waals surface area contributed by atoms with Gasteiger partial charge in [-0.1, -0.05) is 224 Å². The Morgan fingerprint density at radius 3 is 1.02 bits per heavy atom. The topological polar surface area (TPSA) is 6.48 Å². The molecule has 2 nitrogen and oxygen atoms in total. The average molecular weight is 987 g/mol. The minimum atomic E-state index is -0.852. The molecule has 0 spiro atoms. The van der Waals surface area contributed by atoms with Crippen molar-refractivity contribution in [1.29, 1.82) is 0 Å². The van der Waals surface area contributed by atoms with E-state index in [0.717, 1.165) is 6.54 Å². The average Bonchev–Trinajstić information content (AvgIpc) is 3.33. The number of halogens is 2. The molecular formula is C56H52Cl2N2P2Ru. The first-order valence-corrected chi connectivity index (χ1v) is 28.1. The van der Waals surface area contributed by atoms with Gasteiger partial charge in [0.1, 0.15) is 0 Å². The summed E-state index contributed by atoms with van der Waals surface area (Å²) in [5, 5.41) is 13.3. The molecule has 0 saturated heterocycles. The van der Waals surface area contributed by atoms with Crippen molar-refractivity contribution in [2.45, 2.75) is 6.04 Å². The maximum atomic E-state index is 4.85. The summed E-state index contributed by atoms with van der Waals surface area (Å²) in [5.74, 6) is 0. The van der Waals surface area contributed by atoms with Crippen molar-refractivity contribution in [3.8, 4) is 11.1 Å². The molecule has 0 saturated carbocycles. The van der Waals surface area contributed by atoms with Crippen LogP contribution in [0.25, 0.3) is 32.7 Å². The Morgan fingerprint density at radius 2 is 0.698 bits per heavy atom. The normalized spacial score (nSPS) is 11.7. The zero-order chi connectivity index (χ0) is 44.0. The summed E-state index contributed by atoms with van der Waals surface area (Å²) in [5.41, 5.74) is 4.08. The predicted molar refractivity (Wildman–Crippen MR) is 277 cm³/mol. The Kier molecular flexibility index (Phi) is 17.3.